The van der Waals surface area contributed by atoms with Crippen molar-refractivity contribution in [2.75, 3.05) is 0 Å². The third-order valence-electron chi connectivity index (χ3n) is 7.31. The van der Waals surface area contributed by atoms with Crippen molar-refractivity contribution in [1.29, 1.82) is 0 Å². The maximum Gasteiger partial charge on any atom is 0.432 e. The van der Waals surface area contributed by atoms with Crippen molar-refractivity contribution in [3.05, 3.63) is 88.7 Å². The van der Waals surface area contributed by atoms with Crippen molar-refractivity contribution in [1.82, 2.24) is 0 Å². The molecule has 0 aliphatic heterocycles. The maximum atomic E-state index is 15.1. The fraction of sp³-hybridized carbons (Fsp3) is 0.400. The molecule has 1 aliphatic carbocycles. The van der Waals surface area contributed by atoms with E-state index in [2.05, 4.69) is 6.92 Å². The molecule has 0 N–H and O–H groups in total. The molecule has 0 aromatic heterocycles. The first-order valence-electron chi connectivity index (χ1n) is 12.9. The quantitative estimate of drug-likeness (QED) is 0.150. The third-order valence-corrected chi connectivity index (χ3v) is 7.31. The van der Waals surface area contributed by atoms with Crippen molar-refractivity contribution in [2.45, 2.75) is 70.3 Å². The predicted molar refractivity (Wildman–Crippen MR) is 131 cm³/mol. The number of unbranched alkanes of at least 4 members (excludes halogenated alkanes) is 2. The molecule has 0 spiro atoms. The van der Waals surface area contributed by atoms with Crippen molar-refractivity contribution < 1.29 is 35.5 Å². The first kappa shape index (κ1) is 28.0. The maximum absolute atomic E-state index is 15.1. The van der Waals surface area contributed by atoms with E-state index < -0.39 is 46.5 Å². The standard InChI is InChI=1S/C30H29F7O/c1-2-3-4-7-18-10-12-19(13-11-18)20-14-23(31)28(24(32)15-20)30(36,37)38-27-9-6-5-8-22(27)21-16-25(33)29(35)26(34)17-21/h5-6,8-9,14-19H,2-4,7,10-13H2,1H3. The monoisotopic (exact) mass is 538 g/mol. The molecule has 0 amide bonds. The Kier molecular flexibility index (Phi) is 8.68. The van der Waals surface area contributed by atoms with Crippen LogP contribution in [0.4, 0.5) is 30.7 Å². The molecule has 1 fully saturated rings. The molecule has 1 aliphatic rings. The summed E-state index contributed by atoms with van der Waals surface area (Å²) in [6, 6.07) is 8.08. The summed E-state index contributed by atoms with van der Waals surface area (Å²) in [6.07, 6.45) is 3.49. The smallest absolute Gasteiger partial charge is 0.428 e. The lowest BCUT2D eigenvalue weighted by Gasteiger charge is -2.29. The summed E-state index contributed by atoms with van der Waals surface area (Å²) in [5, 5.41) is 0. The highest BCUT2D eigenvalue weighted by atomic mass is 19.3. The van der Waals surface area contributed by atoms with Gasteiger partial charge in [-0.2, -0.15) is 8.78 Å². The van der Waals surface area contributed by atoms with Gasteiger partial charge in [0.15, 0.2) is 17.5 Å². The van der Waals surface area contributed by atoms with Crippen LogP contribution in [0.2, 0.25) is 0 Å². The molecule has 0 saturated heterocycles. The zero-order valence-corrected chi connectivity index (χ0v) is 21.0. The van der Waals surface area contributed by atoms with Crippen LogP contribution in [0.1, 0.15) is 75.3 Å². The Labute approximate surface area is 217 Å². The van der Waals surface area contributed by atoms with Gasteiger partial charge in [0, 0.05) is 5.56 Å². The van der Waals surface area contributed by atoms with E-state index in [0.29, 0.717) is 23.6 Å². The van der Waals surface area contributed by atoms with Gasteiger partial charge in [-0.25, -0.2) is 22.0 Å². The van der Waals surface area contributed by atoms with Crippen LogP contribution in [-0.2, 0) is 6.11 Å². The first-order valence-corrected chi connectivity index (χ1v) is 12.9. The van der Waals surface area contributed by atoms with Gasteiger partial charge in [0.25, 0.3) is 0 Å². The number of benzene rings is 3. The van der Waals surface area contributed by atoms with Gasteiger partial charge in [0.1, 0.15) is 22.9 Å². The number of hydrogen-bond acceptors (Lipinski definition) is 1. The zero-order valence-electron chi connectivity index (χ0n) is 21.0. The second-order valence-corrected chi connectivity index (χ2v) is 9.94. The minimum absolute atomic E-state index is 0.117. The van der Waals surface area contributed by atoms with Crippen LogP contribution in [0.3, 0.4) is 0 Å². The Bertz CT molecular complexity index is 1220. The van der Waals surface area contributed by atoms with Crippen LogP contribution in [0.15, 0.2) is 48.5 Å². The highest BCUT2D eigenvalue weighted by Gasteiger charge is 2.42. The summed E-state index contributed by atoms with van der Waals surface area (Å²) in [4.78, 5) is 0. The summed E-state index contributed by atoms with van der Waals surface area (Å²) in [5.41, 5.74) is -1.71. The van der Waals surface area contributed by atoms with Gasteiger partial charge in [-0.1, -0.05) is 50.8 Å². The number of ether oxygens (including phenoxy) is 1. The molecule has 1 nitrogen and oxygen atoms in total. The second-order valence-electron chi connectivity index (χ2n) is 9.94. The van der Waals surface area contributed by atoms with Crippen LogP contribution < -0.4 is 4.74 Å². The fourth-order valence-corrected chi connectivity index (χ4v) is 5.27. The van der Waals surface area contributed by atoms with Crippen LogP contribution >= 0.6 is 0 Å². The SMILES string of the molecule is CCCCCC1CCC(c2cc(F)c(C(F)(F)Oc3ccccc3-c3cc(F)c(F)c(F)c3)c(F)c2)CC1. The van der Waals surface area contributed by atoms with Crippen molar-refractivity contribution in [3.63, 3.8) is 0 Å². The number of halogens is 7. The van der Waals surface area contributed by atoms with Crippen molar-refractivity contribution in [3.8, 4) is 16.9 Å². The minimum Gasteiger partial charge on any atom is -0.428 e. The zero-order chi connectivity index (χ0) is 27.4. The fourth-order valence-electron chi connectivity index (χ4n) is 5.27. The third kappa shape index (κ3) is 6.16. The van der Waals surface area contributed by atoms with Gasteiger partial charge in [0.05, 0.1) is 0 Å². The van der Waals surface area contributed by atoms with E-state index in [4.69, 9.17) is 4.74 Å². The Hall–Kier alpha value is -3.03. The Morgan fingerprint density at radius 1 is 0.789 bits per heavy atom. The van der Waals surface area contributed by atoms with Gasteiger partial charge >= 0.3 is 6.11 Å². The lowest BCUT2D eigenvalue weighted by molar-refractivity contribution is -0.189. The average Bonchev–Trinajstić information content (AvgIpc) is 2.87. The highest BCUT2D eigenvalue weighted by Crippen LogP contribution is 2.42. The van der Waals surface area contributed by atoms with Gasteiger partial charge < -0.3 is 4.74 Å². The molecule has 1 saturated carbocycles. The van der Waals surface area contributed by atoms with Gasteiger partial charge in [-0.3, -0.25) is 0 Å². The normalized spacial score (nSPS) is 18.0. The molecule has 0 atom stereocenters. The second kappa shape index (κ2) is 11.8. The summed E-state index contributed by atoms with van der Waals surface area (Å²) >= 11 is 0. The largest absolute Gasteiger partial charge is 0.432 e. The van der Waals surface area contributed by atoms with E-state index in [1.165, 1.54) is 24.6 Å². The first-order chi connectivity index (χ1) is 18.1. The molecule has 4 rings (SSSR count). The highest BCUT2D eigenvalue weighted by molar-refractivity contribution is 5.70. The Morgan fingerprint density at radius 2 is 1.39 bits per heavy atom. The van der Waals surface area contributed by atoms with Gasteiger partial charge in [-0.15, -0.1) is 0 Å². The summed E-state index contributed by atoms with van der Waals surface area (Å²) < 4.78 is 106. The number of alkyl halides is 2. The summed E-state index contributed by atoms with van der Waals surface area (Å²) in [7, 11) is 0. The molecule has 3 aromatic carbocycles. The summed E-state index contributed by atoms with van der Waals surface area (Å²) in [6.45, 7) is 2.14. The van der Waals surface area contributed by atoms with Crippen LogP contribution in [0.25, 0.3) is 11.1 Å². The number of rotatable bonds is 9. The number of para-hydroxylation sites is 1. The van der Waals surface area contributed by atoms with Crippen molar-refractivity contribution in [2.24, 2.45) is 5.92 Å². The van der Waals surface area contributed by atoms with Crippen molar-refractivity contribution >= 4 is 0 Å². The predicted octanol–water partition coefficient (Wildman–Crippen LogP) is 10.0. The Balaban J connectivity index is 1.55. The van der Waals surface area contributed by atoms with E-state index >= 15 is 8.78 Å². The molecular weight excluding hydrogens is 509 g/mol. The molecule has 0 radical (unpaired) electrons. The molecule has 8 heteroatoms. The van der Waals surface area contributed by atoms with E-state index in [0.717, 1.165) is 63.1 Å². The van der Waals surface area contributed by atoms with Gasteiger partial charge in [0.2, 0.25) is 0 Å². The number of hydrogen-bond donors (Lipinski definition) is 0. The minimum atomic E-state index is -4.45. The molecule has 3 aromatic rings. The molecule has 0 unspecified atom stereocenters. The average molecular weight is 539 g/mol. The van der Waals surface area contributed by atoms with Crippen LogP contribution in [0, 0.1) is 35.0 Å². The molecule has 0 bridgehead atoms. The topological polar surface area (TPSA) is 9.23 Å². The lowest BCUT2D eigenvalue weighted by Crippen LogP contribution is -2.26. The van der Waals surface area contributed by atoms with E-state index in [9.17, 15) is 22.0 Å². The van der Waals surface area contributed by atoms with E-state index in [-0.39, 0.29) is 17.0 Å². The van der Waals surface area contributed by atoms with Crippen LogP contribution in [0.5, 0.6) is 5.75 Å². The van der Waals surface area contributed by atoms with Crippen LogP contribution in [-0.4, -0.2) is 0 Å². The summed E-state index contributed by atoms with van der Waals surface area (Å²) in [5.74, 6) is -7.77. The van der Waals surface area contributed by atoms with E-state index in [1.807, 2.05) is 0 Å². The molecule has 204 valence electrons. The lowest BCUT2D eigenvalue weighted by atomic mass is 9.77. The molecule has 0 heterocycles. The van der Waals surface area contributed by atoms with E-state index in [1.54, 1.807) is 0 Å². The van der Waals surface area contributed by atoms with Gasteiger partial charge in [-0.05, 0) is 79.0 Å². The molecule has 38 heavy (non-hydrogen) atoms. The molecular formula is C30H29F7O. The Morgan fingerprint density at radius 3 is 2.00 bits per heavy atom.